The first kappa shape index (κ1) is 13.1. The van der Waals surface area contributed by atoms with Gasteiger partial charge in [-0.05, 0) is 48.0 Å². The van der Waals surface area contributed by atoms with Crippen molar-refractivity contribution in [2.24, 2.45) is 5.73 Å². The van der Waals surface area contributed by atoms with Gasteiger partial charge in [-0.1, -0.05) is 15.9 Å². The van der Waals surface area contributed by atoms with Crippen molar-refractivity contribution < 1.29 is 4.39 Å². The number of hydrogen-bond donors (Lipinski definition) is 1. The molecule has 0 atom stereocenters. The van der Waals surface area contributed by atoms with Gasteiger partial charge in [-0.15, -0.1) is 5.10 Å². The molecule has 1 aromatic heterocycles. The number of tetrazole rings is 1. The summed E-state index contributed by atoms with van der Waals surface area (Å²) in [6.07, 6.45) is 1.80. The molecular formula is C11H13BrFN5. The fraction of sp³-hybridized carbons (Fsp3) is 0.364. The minimum Gasteiger partial charge on any atom is -0.330 e. The van der Waals surface area contributed by atoms with Crippen molar-refractivity contribution >= 4 is 15.9 Å². The molecule has 0 fully saturated rings. The number of unbranched alkanes of at least 4 members (excludes halogenated alkanes) is 1. The van der Waals surface area contributed by atoms with Gasteiger partial charge in [-0.2, -0.15) is 0 Å². The molecule has 1 aromatic carbocycles. The second kappa shape index (κ2) is 6.01. The Kier molecular flexibility index (Phi) is 4.38. The Morgan fingerprint density at radius 1 is 1.33 bits per heavy atom. The summed E-state index contributed by atoms with van der Waals surface area (Å²) in [6, 6.07) is 4.44. The summed E-state index contributed by atoms with van der Waals surface area (Å²) in [7, 11) is 0. The zero-order chi connectivity index (χ0) is 13.0. The highest BCUT2D eigenvalue weighted by molar-refractivity contribution is 9.10. The third kappa shape index (κ3) is 2.91. The van der Waals surface area contributed by atoms with Gasteiger partial charge in [-0.25, -0.2) is 9.07 Å². The van der Waals surface area contributed by atoms with Crippen molar-refractivity contribution in [1.29, 1.82) is 0 Å². The Morgan fingerprint density at radius 3 is 2.94 bits per heavy atom. The van der Waals surface area contributed by atoms with E-state index in [4.69, 9.17) is 5.73 Å². The maximum absolute atomic E-state index is 13.3. The quantitative estimate of drug-likeness (QED) is 0.857. The van der Waals surface area contributed by atoms with Crippen molar-refractivity contribution in [2.45, 2.75) is 19.4 Å². The molecule has 2 aromatic rings. The minimum atomic E-state index is -0.315. The summed E-state index contributed by atoms with van der Waals surface area (Å²) in [4.78, 5) is 0. The summed E-state index contributed by atoms with van der Waals surface area (Å²) in [5.41, 5.74) is 6.09. The SMILES string of the molecule is NCCCCn1nnnc1-c1cc(F)ccc1Br. The highest BCUT2D eigenvalue weighted by Gasteiger charge is 2.12. The van der Waals surface area contributed by atoms with Crippen molar-refractivity contribution in [2.75, 3.05) is 6.54 Å². The lowest BCUT2D eigenvalue weighted by molar-refractivity contribution is 0.548. The molecule has 0 unspecified atom stereocenters. The van der Waals surface area contributed by atoms with Crippen LogP contribution in [0.4, 0.5) is 4.39 Å². The van der Waals surface area contributed by atoms with Gasteiger partial charge in [0.25, 0.3) is 0 Å². The fourth-order valence-corrected chi connectivity index (χ4v) is 2.05. The van der Waals surface area contributed by atoms with E-state index < -0.39 is 0 Å². The Labute approximate surface area is 112 Å². The number of hydrogen-bond acceptors (Lipinski definition) is 4. The Hall–Kier alpha value is -1.34. The van der Waals surface area contributed by atoms with Gasteiger partial charge in [0.15, 0.2) is 5.82 Å². The molecule has 7 heteroatoms. The number of halogens is 2. The average molecular weight is 314 g/mol. The van der Waals surface area contributed by atoms with Crippen LogP contribution < -0.4 is 5.73 Å². The molecule has 0 bridgehead atoms. The summed E-state index contributed by atoms with van der Waals surface area (Å²) >= 11 is 3.37. The number of benzene rings is 1. The van der Waals surface area contributed by atoms with Gasteiger partial charge >= 0.3 is 0 Å². The first-order chi connectivity index (χ1) is 8.72. The molecular weight excluding hydrogens is 301 g/mol. The standard InChI is InChI=1S/C11H13BrFN5/c12-10-4-3-8(13)7-9(10)11-15-16-17-18(11)6-2-1-5-14/h3-4,7H,1-2,5-6,14H2. The van der Waals surface area contributed by atoms with E-state index in [-0.39, 0.29) is 5.82 Å². The largest absolute Gasteiger partial charge is 0.330 e. The van der Waals surface area contributed by atoms with E-state index in [0.29, 0.717) is 24.5 Å². The van der Waals surface area contributed by atoms with Gasteiger partial charge in [0.1, 0.15) is 5.82 Å². The van der Waals surface area contributed by atoms with Crippen molar-refractivity contribution in [3.8, 4) is 11.4 Å². The van der Waals surface area contributed by atoms with Crippen LogP contribution in [0.2, 0.25) is 0 Å². The number of aromatic nitrogens is 4. The molecule has 1 heterocycles. The van der Waals surface area contributed by atoms with Gasteiger partial charge in [0, 0.05) is 16.6 Å². The highest BCUT2D eigenvalue weighted by atomic mass is 79.9. The predicted octanol–water partition coefficient (Wildman–Crippen LogP) is 1.98. The topological polar surface area (TPSA) is 69.6 Å². The number of aryl methyl sites for hydroxylation is 1. The molecule has 2 N–H and O–H groups in total. The monoisotopic (exact) mass is 313 g/mol. The molecule has 0 spiro atoms. The molecule has 5 nitrogen and oxygen atoms in total. The van der Waals surface area contributed by atoms with Gasteiger partial charge in [0.2, 0.25) is 0 Å². The number of rotatable bonds is 5. The average Bonchev–Trinajstić information content (AvgIpc) is 2.81. The molecule has 0 saturated carbocycles. The van der Waals surface area contributed by atoms with Gasteiger partial charge in [0.05, 0.1) is 0 Å². The summed E-state index contributed by atoms with van der Waals surface area (Å²) in [5, 5.41) is 11.5. The third-order valence-electron chi connectivity index (χ3n) is 2.53. The first-order valence-electron chi connectivity index (χ1n) is 5.64. The van der Waals surface area contributed by atoms with Crippen LogP contribution in [0.1, 0.15) is 12.8 Å². The maximum Gasteiger partial charge on any atom is 0.183 e. The highest BCUT2D eigenvalue weighted by Crippen LogP contribution is 2.26. The second-order valence-electron chi connectivity index (χ2n) is 3.85. The van der Waals surface area contributed by atoms with Gasteiger partial charge < -0.3 is 5.73 Å². The maximum atomic E-state index is 13.3. The number of nitrogens with zero attached hydrogens (tertiary/aromatic N) is 4. The second-order valence-corrected chi connectivity index (χ2v) is 4.70. The lowest BCUT2D eigenvalue weighted by Gasteiger charge is -2.06. The molecule has 0 amide bonds. The van der Waals surface area contributed by atoms with E-state index in [1.165, 1.54) is 12.1 Å². The van der Waals surface area contributed by atoms with Crippen molar-refractivity contribution in [1.82, 2.24) is 20.2 Å². The molecule has 0 aliphatic rings. The predicted molar refractivity (Wildman–Crippen MR) is 69.2 cm³/mol. The smallest absolute Gasteiger partial charge is 0.183 e. The molecule has 0 aliphatic heterocycles. The Morgan fingerprint density at radius 2 is 2.17 bits per heavy atom. The van der Waals surface area contributed by atoms with Crippen LogP contribution in [0.15, 0.2) is 22.7 Å². The van der Waals surface area contributed by atoms with Crippen LogP contribution in [0.5, 0.6) is 0 Å². The molecule has 0 radical (unpaired) electrons. The van der Waals surface area contributed by atoms with Crippen LogP contribution in [-0.4, -0.2) is 26.8 Å². The summed E-state index contributed by atoms with van der Waals surface area (Å²) in [5.74, 6) is 0.239. The van der Waals surface area contributed by atoms with Crippen molar-refractivity contribution in [3.63, 3.8) is 0 Å². The van der Waals surface area contributed by atoms with E-state index in [2.05, 4.69) is 31.5 Å². The third-order valence-corrected chi connectivity index (χ3v) is 3.22. The lowest BCUT2D eigenvalue weighted by atomic mass is 10.2. The van der Waals surface area contributed by atoms with E-state index in [0.717, 1.165) is 17.3 Å². The Balaban J connectivity index is 2.27. The normalized spacial score (nSPS) is 10.8. The molecule has 96 valence electrons. The Bertz CT molecular complexity index is 528. The van der Waals surface area contributed by atoms with Crippen LogP contribution >= 0.6 is 15.9 Å². The van der Waals surface area contributed by atoms with Crippen LogP contribution in [-0.2, 0) is 6.54 Å². The zero-order valence-electron chi connectivity index (χ0n) is 9.68. The minimum absolute atomic E-state index is 0.315. The van der Waals surface area contributed by atoms with Crippen molar-refractivity contribution in [3.05, 3.63) is 28.5 Å². The molecule has 2 rings (SSSR count). The van der Waals surface area contributed by atoms with E-state index in [1.807, 2.05) is 0 Å². The molecule has 18 heavy (non-hydrogen) atoms. The molecule has 0 aliphatic carbocycles. The van der Waals surface area contributed by atoms with Crippen LogP contribution in [0.25, 0.3) is 11.4 Å². The van der Waals surface area contributed by atoms with E-state index in [1.54, 1.807) is 10.7 Å². The van der Waals surface area contributed by atoms with Crippen LogP contribution in [0.3, 0.4) is 0 Å². The summed E-state index contributed by atoms with van der Waals surface area (Å²) in [6.45, 7) is 1.31. The summed E-state index contributed by atoms with van der Waals surface area (Å²) < 4.78 is 15.7. The van der Waals surface area contributed by atoms with E-state index in [9.17, 15) is 4.39 Å². The van der Waals surface area contributed by atoms with Crippen LogP contribution in [0, 0.1) is 5.82 Å². The van der Waals surface area contributed by atoms with Gasteiger partial charge in [-0.3, -0.25) is 0 Å². The lowest BCUT2D eigenvalue weighted by Crippen LogP contribution is -2.06. The molecule has 0 saturated heterocycles. The fourth-order valence-electron chi connectivity index (χ4n) is 1.62. The number of nitrogens with two attached hydrogens (primary N) is 1. The van der Waals surface area contributed by atoms with E-state index >= 15 is 0 Å². The first-order valence-corrected chi connectivity index (χ1v) is 6.43. The zero-order valence-corrected chi connectivity index (χ0v) is 11.3.